The van der Waals surface area contributed by atoms with Gasteiger partial charge in [-0.2, -0.15) is 13.1 Å². The van der Waals surface area contributed by atoms with E-state index in [1.54, 1.807) is 26.0 Å². The Bertz CT molecular complexity index is 920. The molecule has 0 N–H and O–H groups in total. The number of rotatable bonds is 9. The SMILES string of the molecule is CCN(CC)S(=O)(=O)c1ccc(C(=O)C=Cc2ccc(OC(F)F)cc2)cc1. The first-order valence-corrected chi connectivity index (χ1v) is 10.1. The largest absolute Gasteiger partial charge is 0.435 e. The van der Waals surface area contributed by atoms with Crippen LogP contribution >= 0.6 is 0 Å². The van der Waals surface area contributed by atoms with Crippen LogP contribution in [0.15, 0.2) is 59.5 Å². The number of carbonyl (C=O) groups excluding carboxylic acids is 1. The van der Waals surface area contributed by atoms with Crippen LogP contribution < -0.4 is 4.74 Å². The molecule has 2 aromatic rings. The van der Waals surface area contributed by atoms with Crippen molar-refractivity contribution >= 4 is 21.9 Å². The van der Waals surface area contributed by atoms with Gasteiger partial charge in [-0.1, -0.05) is 32.1 Å². The molecular weight excluding hydrogens is 388 g/mol. The second kappa shape index (κ2) is 9.57. The highest BCUT2D eigenvalue weighted by molar-refractivity contribution is 7.89. The summed E-state index contributed by atoms with van der Waals surface area (Å²) in [5, 5.41) is 0. The van der Waals surface area contributed by atoms with Crippen molar-refractivity contribution in [3.8, 4) is 5.75 Å². The summed E-state index contributed by atoms with van der Waals surface area (Å²) in [5.41, 5.74) is 0.975. The summed E-state index contributed by atoms with van der Waals surface area (Å²) < 4.78 is 54.8. The monoisotopic (exact) mass is 409 g/mol. The van der Waals surface area contributed by atoms with E-state index in [1.165, 1.54) is 52.9 Å². The van der Waals surface area contributed by atoms with Crippen LogP contribution in [0.1, 0.15) is 29.8 Å². The summed E-state index contributed by atoms with van der Waals surface area (Å²) >= 11 is 0. The average molecular weight is 409 g/mol. The fourth-order valence-electron chi connectivity index (χ4n) is 2.53. The fourth-order valence-corrected chi connectivity index (χ4v) is 3.99. The van der Waals surface area contributed by atoms with Gasteiger partial charge >= 0.3 is 6.61 Å². The molecule has 0 spiro atoms. The molecule has 5 nitrogen and oxygen atoms in total. The maximum absolute atomic E-state index is 12.5. The lowest BCUT2D eigenvalue weighted by Gasteiger charge is -2.18. The van der Waals surface area contributed by atoms with Gasteiger partial charge in [0.05, 0.1) is 4.90 Å². The smallest absolute Gasteiger partial charge is 0.387 e. The Kier molecular flexibility index (Phi) is 7.42. The van der Waals surface area contributed by atoms with E-state index < -0.39 is 16.6 Å². The zero-order valence-corrected chi connectivity index (χ0v) is 16.3. The summed E-state index contributed by atoms with van der Waals surface area (Å²) in [6.45, 7) is 1.36. The summed E-state index contributed by atoms with van der Waals surface area (Å²) in [4.78, 5) is 12.4. The number of carbonyl (C=O) groups is 1. The standard InChI is InChI=1S/C20H21F2NO4S/c1-3-23(4-2)28(25,26)18-12-8-16(9-13-18)19(24)14-7-15-5-10-17(11-6-15)27-20(21)22/h5-14,20H,3-4H2,1-2H3. The highest BCUT2D eigenvalue weighted by Gasteiger charge is 2.21. The van der Waals surface area contributed by atoms with Crippen LogP contribution in [0.3, 0.4) is 0 Å². The number of ether oxygens (including phenoxy) is 1. The van der Waals surface area contributed by atoms with Crippen molar-refractivity contribution < 1.29 is 26.7 Å². The molecule has 8 heteroatoms. The van der Waals surface area contributed by atoms with Gasteiger partial charge in [0, 0.05) is 18.7 Å². The van der Waals surface area contributed by atoms with Crippen molar-refractivity contribution in [2.75, 3.05) is 13.1 Å². The molecule has 0 amide bonds. The van der Waals surface area contributed by atoms with E-state index >= 15 is 0 Å². The van der Waals surface area contributed by atoms with Crippen LogP contribution in [0, 0.1) is 0 Å². The van der Waals surface area contributed by atoms with Crippen LogP contribution in [0.5, 0.6) is 5.75 Å². The molecular formula is C20H21F2NO4S. The Balaban J connectivity index is 2.09. The Morgan fingerprint density at radius 2 is 1.61 bits per heavy atom. The molecule has 0 fully saturated rings. The number of alkyl halides is 2. The van der Waals surface area contributed by atoms with Gasteiger partial charge in [-0.3, -0.25) is 4.79 Å². The molecule has 0 saturated carbocycles. The van der Waals surface area contributed by atoms with Crippen LogP contribution in [0.2, 0.25) is 0 Å². The lowest BCUT2D eigenvalue weighted by atomic mass is 10.1. The van der Waals surface area contributed by atoms with Gasteiger partial charge in [0.1, 0.15) is 5.75 Å². The molecule has 0 saturated heterocycles. The molecule has 150 valence electrons. The fraction of sp³-hybridized carbons (Fsp3) is 0.250. The first kappa shape index (κ1) is 21.7. The van der Waals surface area contributed by atoms with Gasteiger partial charge in [0.15, 0.2) is 5.78 Å². The number of allylic oxidation sites excluding steroid dienone is 1. The van der Waals surface area contributed by atoms with Crippen molar-refractivity contribution in [3.05, 3.63) is 65.7 Å². The van der Waals surface area contributed by atoms with E-state index in [-0.39, 0.29) is 16.4 Å². The van der Waals surface area contributed by atoms with E-state index in [9.17, 15) is 22.0 Å². The number of sulfonamides is 1. The van der Waals surface area contributed by atoms with Crippen LogP contribution in [0.4, 0.5) is 8.78 Å². The van der Waals surface area contributed by atoms with Gasteiger partial charge in [-0.15, -0.1) is 0 Å². The number of hydrogen-bond donors (Lipinski definition) is 0. The Morgan fingerprint density at radius 3 is 2.11 bits per heavy atom. The highest BCUT2D eigenvalue weighted by atomic mass is 32.2. The number of ketones is 1. The third-order valence-corrected chi connectivity index (χ3v) is 6.08. The van der Waals surface area contributed by atoms with Gasteiger partial charge in [-0.25, -0.2) is 8.42 Å². The second-order valence-electron chi connectivity index (χ2n) is 5.76. The minimum atomic E-state index is -3.57. The van der Waals surface area contributed by atoms with Gasteiger partial charge in [0.2, 0.25) is 10.0 Å². The second-order valence-corrected chi connectivity index (χ2v) is 7.70. The molecule has 0 radical (unpaired) electrons. The van der Waals surface area contributed by atoms with Crippen LogP contribution in [0.25, 0.3) is 6.08 Å². The predicted molar refractivity (Wildman–Crippen MR) is 103 cm³/mol. The highest BCUT2D eigenvalue weighted by Crippen LogP contribution is 2.18. The van der Waals surface area contributed by atoms with Crippen LogP contribution in [-0.4, -0.2) is 38.2 Å². The quantitative estimate of drug-likeness (QED) is 0.460. The van der Waals surface area contributed by atoms with Crippen molar-refractivity contribution in [2.24, 2.45) is 0 Å². The van der Waals surface area contributed by atoms with E-state index in [0.717, 1.165) is 0 Å². The van der Waals surface area contributed by atoms with Gasteiger partial charge in [-0.05, 0) is 48.0 Å². The molecule has 0 unspecified atom stereocenters. The van der Waals surface area contributed by atoms with Crippen LogP contribution in [-0.2, 0) is 10.0 Å². The average Bonchev–Trinajstić information content (AvgIpc) is 2.67. The minimum Gasteiger partial charge on any atom is -0.435 e. The summed E-state index contributed by atoms with van der Waals surface area (Å²) in [6.07, 6.45) is 2.87. The zero-order valence-electron chi connectivity index (χ0n) is 15.5. The summed E-state index contributed by atoms with van der Waals surface area (Å²) in [5.74, 6) is -0.275. The molecule has 0 aromatic heterocycles. The molecule has 0 bridgehead atoms. The number of halogens is 2. The third kappa shape index (κ3) is 5.46. The van der Waals surface area contributed by atoms with E-state index in [2.05, 4.69) is 4.74 Å². The maximum atomic E-state index is 12.5. The van der Waals surface area contributed by atoms with Gasteiger partial charge < -0.3 is 4.74 Å². The molecule has 0 aliphatic carbocycles. The molecule has 0 atom stereocenters. The molecule has 28 heavy (non-hydrogen) atoms. The topological polar surface area (TPSA) is 63.7 Å². The van der Waals surface area contributed by atoms with Gasteiger partial charge in [0.25, 0.3) is 0 Å². The number of benzene rings is 2. The minimum absolute atomic E-state index is 0.0310. The van der Waals surface area contributed by atoms with Crippen molar-refractivity contribution in [2.45, 2.75) is 25.4 Å². The van der Waals surface area contributed by atoms with E-state index in [0.29, 0.717) is 24.2 Å². The summed E-state index contributed by atoms with van der Waals surface area (Å²) in [6, 6.07) is 11.6. The first-order chi connectivity index (χ1) is 13.3. The molecule has 2 aromatic carbocycles. The van der Waals surface area contributed by atoms with E-state index in [1.807, 2.05) is 0 Å². The Labute approximate surface area is 163 Å². The van der Waals surface area contributed by atoms with Crippen molar-refractivity contribution in [1.29, 1.82) is 0 Å². The zero-order chi connectivity index (χ0) is 20.7. The summed E-state index contributed by atoms with van der Waals surface area (Å²) in [7, 11) is -3.57. The maximum Gasteiger partial charge on any atom is 0.387 e. The molecule has 0 aliphatic heterocycles. The number of nitrogens with zero attached hydrogens (tertiary/aromatic N) is 1. The Morgan fingerprint density at radius 1 is 1.04 bits per heavy atom. The first-order valence-electron chi connectivity index (χ1n) is 8.65. The molecule has 2 rings (SSSR count). The molecule has 0 heterocycles. The Hall–Kier alpha value is -2.58. The molecule has 0 aliphatic rings. The predicted octanol–water partition coefficient (Wildman–Crippen LogP) is 4.21. The van der Waals surface area contributed by atoms with E-state index in [4.69, 9.17) is 0 Å². The van der Waals surface area contributed by atoms with Crippen molar-refractivity contribution in [1.82, 2.24) is 4.31 Å². The third-order valence-electron chi connectivity index (χ3n) is 4.01. The van der Waals surface area contributed by atoms with Crippen molar-refractivity contribution in [3.63, 3.8) is 0 Å². The lowest BCUT2D eigenvalue weighted by molar-refractivity contribution is -0.0498. The lowest BCUT2D eigenvalue weighted by Crippen LogP contribution is -2.30. The normalized spacial score (nSPS) is 12.1. The number of hydrogen-bond acceptors (Lipinski definition) is 4.